The fourth-order valence-electron chi connectivity index (χ4n) is 17.3. The number of allylic oxidation sites excluding steroid dienone is 6. The first-order chi connectivity index (χ1) is 60.4. The number of amides is 3. The van der Waals surface area contributed by atoms with Crippen molar-refractivity contribution in [2.45, 2.75) is 218 Å². The summed E-state index contributed by atoms with van der Waals surface area (Å²) in [6.45, 7) is 20.7. The number of ketones is 2. The van der Waals surface area contributed by atoms with E-state index in [1.165, 1.54) is 11.2 Å². The minimum atomic E-state index is -2.44. The number of para-hydroxylation sites is 1. The maximum atomic E-state index is 14.7. The number of nitrogens with zero attached hydrogens (tertiary/aromatic N) is 5. The molecule has 4 fully saturated rings. The lowest BCUT2D eigenvalue weighted by atomic mass is 9.78. The number of aliphatic hydroxyl groups excluding tert-OH is 2. The monoisotopic (exact) mass is 1760 g/mol. The molecular weight excluding hydrogens is 1620 g/mol. The minimum absolute atomic E-state index is 0.0258. The van der Waals surface area contributed by atoms with Crippen LogP contribution in [0, 0.1) is 41.4 Å². The van der Waals surface area contributed by atoms with Crippen molar-refractivity contribution in [2.75, 3.05) is 166 Å². The van der Waals surface area contributed by atoms with Gasteiger partial charge in [0.2, 0.25) is 11.7 Å². The summed E-state index contributed by atoms with van der Waals surface area (Å²) in [6, 6.07) is 6.79. The van der Waals surface area contributed by atoms with Crippen LogP contribution < -0.4 is 21.1 Å². The predicted molar refractivity (Wildman–Crippen MR) is 466 cm³/mol. The average molecular weight is 1760 g/mol. The number of imidazole rings is 1. The van der Waals surface area contributed by atoms with Crippen LogP contribution in [0.1, 0.15) is 169 Å². The van der Waals surface area contributed by atoms with Crippen LogP contribution in [0.3, 0.4) is 0 Å². The number of esters is 1. The Bertz CT molecular complexity index is 4090. The molecule has 0 unspecified atom stereocenters. The number of carbonyl (C=O) groups is 6. The van der Waals surface area contributed by atoms with Crippen LogP contribution in [0.2, 0.25) is 0 Å². The molecule has 6 heterocycles. The number of alkyl carbamates (subject to hydrolysis) is 1. The number of methoxy groups -OCH3 is 3. The van der Waals surface area contributed by atoms with Gasteiger partial charge >= 0.3 is 12.1 Å². The smallest absolute Gasteiger partial charge is 0.407 e. The first-order valence-electron chi connectivity index (χ1n) is 45.1. The number of nitrogen functional groups attached to an aromatic ring is 1. The van der Waals surface area contributed by atoms with Crippen molar-refractivity contribution in [1.82, 2.24) is 40.1 Å². The van der Waals surface area contributed by atoms with Gasteiger partial charge in [0.15, 0.2) is 11.6 Å². The highest BCUT2D eigenvalue weighted by atomic mass is 16.6. The van der Waals surface area contributed by atoms with E-state index in [0.717, 1.165) is 59.4 Å². The van der Waals surface area contributed by atoms with Crippen molar-refractivity contribution >= 4 is 57.7 Å². The summed E-state index contributed by atoms with van der Waals surface area (Å²) in [4.78, 5) is 97.5. The molecule has 4 aromatic rings. The third-order valence-corrected chi connectivity index (χ3v) is 24.6. The molecule has 3 aromatic heterocycles. The van der Waals surface area contributed by atoms with E-state index in [0.29, 0.717) is 219 Å². The second-order valence-corrected chi connectivity index (χ2v) is 34.0. The molecule has 3 aliphatic heterocycles. The number of H-pyrrole nitrogens is 1. The lowest BCUT2D eigenvalue weighted by molar-refractivity contribution is -0.265. The number of Topliss-reactive ketones (excluding diaryl/α,β-unsaturated/α-hetero) is 2. The summed E-state index contributed by atoms with van der Waals surface area (Å²) in [5, 5.41) is 46.0. The van der Waals surface area contributed by atoms with Crippen molar-refractivity contribution in [1.29, 1.82) is 0 Å². The van der Waals surface area contributed by atoms with Crippen molar-refractivity contribution in [2.24, 2.45) is 41.4 Å². The van der Waals surface area contributed by atoms with E-state index < -0.39 is 95.9 Å². The van der Waals surface area contributed by atoms with Crippen molar-refractivity contribution in [3.05, 3.63) is 84.0 Å². The number of benzene rings is 1. The first-order valence-corrected chi connectivity index (χ1v) is 45.1. The number of nitrogens with one attached hydrogen (secondary N) is 3. The van der Waals surface area contributed by atoms with Gasteiger partial charge in [0.25, 0.3) is 11.7 Å². The van der Waals surface area contributed by atoms with E-state index in [2.05, 4.69) is 25.7 Å². The fourth-order valence-corrected chi connectivity index (χ4v) is 17.3. The lowest BCUT2D eigenvalue weighted by Crippen LogP contribution is -2.61. The number of fused-ring (bicyclic) bond motifs is 5. The number of hydrogen-bond donors (Lipinski definition) is 7. The number of cyclic esters (lactones) is 1. The standard InChI is InChI=1S/C92H141N9O24/c1-60-17-12-11-13-18-62(3)77(112-9)58-71-29-23-66(7)92(110,125-71)85(105)89(107)100-34-15-14-20-73(100)90(108)123-74(30-22-61(2)54-65(6)83(103)84(104)82(102)64(5)53-60)63(4)55-67-24-31-75(78(56-67)113-10)124-91(109)95-33-36-115-38-40-117-42-44-119-46-48-121-50-52-122-51-49-120-47-45-118-43-41-116-39-37-114-35-32-94-88(106)69-27-25-68(26-28-69)87-99-80(81-86(93)96-59-97-101(81)87)72-57-70-19-16-21-76(111-8)79(70)98-72/h11-13,16-19,21,54,57,59-61,63-64,66-69,71,73-75,77-78,83-84,98,103-104,110H,14-15,20,22-53,55-56,58H2,1-10H3,(H,94,106)(H,95,109)(H2,93,96,97)/b13-11+,17-12+,62-18+,65-54+/t60-,61+,63-,64-,66-,67+,68?,69?,71+,73+,74+,75-,77+,78-,83-,84+,92-/m1/s1. The minimum Gasteiger partial charge on any atom is -0.495 e. The molecule has 15 atom stereocenters. The van der Waals surface area contributed by atoms with Crippen LogP contribution in [-0.4, -0.2) is 295 Å². The van der Waals surface area contributed by atoms with E-state index in [-0.39, 0.29) is 67.5 Å². The van der Waals surface area contributed by atoms with Gasteiger partial charge in [0, 0.05) is 69.3 Å². The van der Waals surface area contributed by atoms with Gasteiger partial charge in [0.1, 0.15) is 59.6 Å². The van der Waals surface area contributed by atoms with Crippen molar-refractivity contribution in [3.63, 3.8) is 0 Å². The van der Waals surface area contributed by atoms with Gasteiger partial charge in [-0.25, -0.2) is 24.1 Å². The molecule has 8 N–H and O–H groups in total. The van der Waals surface area contributed by atoms with Crippen LogP contribution in [0.15, 0.2) is 78.2 Å². The number of rotatable bonds is 40. The Morgan fingerprint density at radius 1 is 0.672 bits per heavy atom. The molecule has 698 valence electrons. The normalized spacial score (nSPS) is 28.6. The Hall–Kier alpha value is -7.71. The van der Waals surface area contributed by atoms with Crippen molar-refractivity contribution in [3.8, 4) is 17.1 Å². The van der Waals surface area contributed by atoms with Gasteiger partial charge in [-0.3, -0.25) is 19.2 Å². The Labute approximate surface area is 735 Å². The molecule has 125 heavy (non-hydrogen) atoms. The molecule has 3 amide bonds. The largest absolute Gasteiger partial charge is 0.495 e. The predicted octanol–water partition coefficient (Wildman–Crippen LogP) is 9.50. The summed E-state index contributed by atoms with van der Waals surface area (Å²) in [5.74, 6) is -5.40. The van der Waals surface area contributed by atoms with Crippen LogP contribution in [0.25, 0.3) is 27.8 Å². The molecule has 1 aromatic carbocycles. The highest BCUT2D eigenvalue weighted by Gasteiger charge is 2.53. The SMILES string of the molecule is COc1cccc2cc(-c3nc(C4CCC(C(=O)NCCOCCOCCOCCOCCOCCOCCOCCOCCOCCNC(=O)O[C@@H]5CC[C@@H](C[C@@H](C)[C@@H]6CC[C@H](C)/C=C(\C)[C@@H](O)[C@@H](O)C(=O)[C@H](C)C[C@H](C)/C=C/C=C/C=C(\C)[C@@H](OC)C[C@@H]7CC[C@@H](C)[C@@](O)(O7)C(=O)C(=O)N7CCCC[C@H]7C(=O)O6)C[C@H]5OC)CC4)n4ncnc(N)c34)[nH]c12. The third kappa shape index (κ3) is 31.0. The number of aromatic nitrogens is 5. The zero-order chi connectivity index (χ0) is 89.6. The van der Waals surface area contributed by atoms with Gasteiger partial charge in [-0.15, -0.1) is 0 Å². The van der Waals surface area contributed by atoms with Gasteiger partial charge in [-0.2, -0.15) is 5.10 Å². The van der Waals surface area contributed by atoms with Gasteiger partial charge in [0.05, 0.1) is 156 Å². The summed E-state index contributed by atoms with van der Waals surface area (Å²) in [6.07, 6.45) is 15.7. The maximum Gasteiger partial charge on any atom is 0.407 e. The molecule has 5 aliphatic rings. The summed E-state index contributed by atoms with van der Waals surface area (Å²) in [5.41, 5.74) is 10.7. The number of ether oxygens (including phenoxy) is 15. The number of aliphatic hydroxyl groups is 3. The second kappa shape index (κ2) is 53.3. The van der Waals surface area contributed by atoms with Crippen LogP contribution in [0.5, 0.6) is 5.75 Å². The molecule has 33 nitrogen and oxygen atoms in total. The number of hydrogen-bond acceptors (Lipinski definition) is 28. The molecule has 2 aliphatic carbocycles. The Morgan fingerprint density at radius 2 is 1.30 bits per heavy atom. The Balaban J connectivity index is 0.571. The number of carbonyl (C=O) groups excluding carboxylic acids is 6. The zero-order valence-electron chi connectivity index (χ0n) is 75.2. The maximum absolute atomic E-state index is 14.7. The number of nitrogens with two attached hydrogens (primary N) is 1. The molecule has 0 spiro atoms. The van der Waals surface area contributed by atoms with Crippen molar-refractivity contribution < 1.29 is 115 Å². The van der Waals surface area contributed by atoms with E-state index >= 15 is 0 Å². The summed E-state index contributed by atoms with van der Waals surface area (Å²) >= 11 is 0. The topological polar surface area (TPSA) is 414 Å². The third-order valence-electron chi connectivity index (χ3n) is 24.6. The zero-order valence-corrected chi connectivity index (χ0v) is 75.2. The molecule has 2 bridgehead atoms. The lowest BCUT2D eigenvalue weighted by Gasteiger charge is -2.42. The first kappa shape index (κ1) is 101. The van der Waals surface area contributed by atoms with E-state index in [1.807, 2.05) is 88.4 Å². The van der Waals surface area contributed by atoms with Crippen LogP contribution >= 0.6 is 0 Å². The van der Waals surface area contributed by atoms with E-state index in [4.69, 9.17) is 81.8 Å². The van der Waals surface area contributed by atoms with Gasteiger partial charge in [-0.05, 0) is 164 Å². The molecule has 33 heteroatoms. The second-order valence-electron chi connectivity index (χ2n) is 34.0. The fraction of sp³-hybridized carbons (Fsp3) is 0.707. The van der Waals surface area contributed by atoms with E-state index in [1.54, 1.807) is 46.6 Å². The quantitative estimate of drug-likeness (QED) is 0.00942. The molecule has 2 saturated heterocycles. The molecule has 0 radical (unpaired) electrons. The number of aromatic amines is 1. The van der Waals surface area contributed by atoms with Gasteiger partial charge in [-0.1, -0.05) is 83.2 Å². The molecular formula is C92H141N9O24. The Kier molecular flexibility index (Phi) is 43.1. The summed E-state index contributed by atoms with van der Waals surface area (Å²) in [7, 11) is 4.80. The van der Waals surface area contributed by atoms with Crippen LogP contribution in [-0.2, 0) is 90.3 Å². The van der Waals surface area contributed by atoms with E-state index in [9.17, 15) is 44.1 Å². The summed E-state index contributed by atoms with van der Waals surface area (Å²) < 4.78 is 88.4. The Morgan fingerprint density at radius 3 is 1.91 bits per heavy atom. The van der Waals surface area contributed by atoms with Gasteiger partial charge < -0.3 is 113 Å². The highest BCUT2D eigenvalue weighted by molar-refractivity contribution is 6.39. The average Bonchev–Trinajstić information content (AvgIpc) is 1.60. The molecule has 9 rings (SSSR count). The number of piperidine rings is 1. The van der Waals surface area contributed by atoms with Crippen LogP contribution in [0.4, 0.5) is 10.6 Å². The number of anilines is 1. The highest BCUT2D eigenvalue weighted by Crippen LogP contribution is 2.42. The molecule has 2 saturated carbocycles.